The van der Waals surface area contributed by atoms with Crippen molar-refractivity contribution in [3.05, 3.63) is 84.1 Å². The van der Waals surface area contributed by atoms with E-state index >= 15 is 0 Å². The van der Waals surface area contributed by atoms with Gasteiger partial charge < -0.3 is 9.73 Å². The van der Waals surface area contributed by atoms with E-state index in [0.29, 0.717) is 11.1 Å². The number of carbonyl (C=O) groups is 3. The van der Waals surface area contributed by atoms with Crippen molar-refractivity contribution in [2.45, 2.75) is 12.5 Å². The van der Waals surface area contributed by atoms with E-state index in [2.05, 4.69) is 5.32 Å². The molecule has 1 aliphatic rings. The standard InChI is InChI=1S/C24H18N2O4/c1-24(18-11-6-9-15-7-2-4-10-17(15)18)22(28)26(23(29)25-24)14-19(27)21-13-16-8-3-5-12-20(16)30-21/h2-13H,14H2,1H3,(H,25,29)/t24-/m1/s1. The fraction of sp³-hybridized carbons (Fsp3) is 0.125. The molecule has 0 bridgehead atoms. The maximum absolute atomic E-state index is 13.3. The number of hydrogen-bond acceptors (Lipinski definition) is 4. The van der Waals surface area contributed by atoms with Crippen molar-refractivity contribution in [1.29, 1.82) is 0 Å². The van der Waals surface area contributed by atoms with Crippen molar-refractivity contribution in [2.75, 3.05) is 6.54 Å². The quantitative estimate of drug-likeness (QED) is 0.412. The summed E-state index contributed by atoms with van der Waals surface area (Å²) in [6, 6.07) is 21.6. The van der Waals surface area contributed by atoms with Crippen molar-refractivity contribution >= 4 is 39.5 Å². The van der Waals surface area contributed by atoms with Crippen LogP contribution in [0.15, 0.2) is 77.2 Å². The number of rotatable bonds is 4. The third kappa shape index (κ3) is 2.69. The van der Waals surface area contributed by atoms with Gasteiger partial charge in [-0.2, -0.15) is 0 Å². The van der Waals surface area contributed by atoms with Gasteiger partial charge in [-0.15, -0.1) is 0 Å². The molecule has 6 nitrogen and oxygen atoms in total. The maximum Gasteiger partial charge on any atom is 0.325 e. The van der Waals surface area contributed by atoms with Crippen molar-refractivity contribution in [3.63, 3.8) is 0 Å². The number of amides is 3. The number of Topliss-reactive ketones (excluding diaryl/α,β-unsaturated/α-hetero) is 1. The Morgan fingerprint density at radius 2 is 1.67 bits per heavy atom. The first-order chi connectivity index (χ1) is 14.5. The van der Waals surface area contributed by atoms with Crippen molar-refractivity contribution in [2.24, 2.45) is 0 Å². The number of nitrogens with one attached hydrogen (secondary N) is 1. The van der Waals surface area contributed by atoms with E-state index in [0.717, 1.165) is 21.1 Å². The highest BCUT2D eigenvalue weighted by molar-refractivity contribution is 6.12. The molecule has 2 heterocycles. The van der Waals surface area contributed by atoms with Gasteiger partial charge in [-0.1, -0.05) is 60.7 Å². The lowest BCUT2D eigenvalue weighted by atomic mass is 9.88. The van der Waals surface area contributed by atoms with Crippen LogP contribution in [0.4, 0.5) is 4.79 Å². The largest absolute Gasteiger partial charge is 0.453 e. The zero-order valence-corrected chi connectivity index (χ0v) is 16.2. The second kappa shape index (κ2) is 6.56. The van der Waals surface area contributed by atoms with Crippen molar-refractivity contribution in [3.8, 4) is 0 Å². The van der Waals surface area contributed by atoms with E-state index in [-0.39, 0.29) is 12.3 Å². The number of para-hydroxylation sites is 1. The smallest absolute Gasteiger partial charge is 0.325 e. The lowest BCUT2D eigenvalue weighted by Crippen LogP contribution is -2.41. The third-order valence-corrected chi connectivity index (χ3v) is 5.61. The summed E-state index contributed by atoms with van der Waals surface area (Å²) in [5, 5.41) is 5.41. The summed E-state index contributed by atoms with van der Waals surface area (Å²) < 4.78 is 5.59. The topological polar surface area (TPSA) is 79.6 Å². The maximum atomic E-state index is 13.3. The molecule has 1 atom stereocenters. The molecule has 1 aromatic heterocycles. The Bertz CT molecular complexity index is 1300. The van der Waals surface area contributed by atoms with Gasteiger partial charge in [0.05, 0.1) is 6.54 Å². The number of fused-ring (bicyclic) bond motifs is 2. The first-order valence-electron chi connectivity index (χ1n) is 9.61. The van der Waals surface area contributed by atoms with Gasteiger partial charge in [-0.05, 0) is 35.4 Å². The monoisotopic (exact) mass is 398 g/mol. The highest BCUT2D eigenvalue weighted by Crippen LogP contribution is 2.34. The van der Waals surface area contributed by atoms with E-state index < -0.39 is 23.3 Å². The highest BCUT2D eigenvalue weighted by atomic mass is 16.3. The predicted molar refractivity (Wildman–Crippen MR) is 112 cm³/mol. The van der Waals surface area contributed by atoms with E-state index in [4.69, 9.17) is 4.42 Å². The van der Waals surface area contributed by atoms with Crippen LogP contribution in [-0.4, -0.2) is 29.2 Å². The van der Waals surface area contributed by atoms with E-state index in [1.165, 1.54) is 0 Å². The average molecular weight is 398 g/mol. The molecule has 1 N–H and O–H groups in total. The Morgan fingerprint density at radius 3 is 2.47 bits per heavy atom. The second-order valence-electron chi connectivity index (χ2n) is 7.54. The SMILES string of the molecule is C[C@]1(c2cccc3ccccc23)NC(=O)N(CC(=O)c2cc3ccccc3o2)C1=O. The number of nitrogens with zero attached hydrogens (tertiary/aromatic N) is 1. The van der Waals surface area contributed by atoms with Crippen LogP contribution in [0.3, 0.4) is 0 Å². The number of ketones is 1. The molecule has 0 unspecified atom stereocenters. The number of furan rings is 1. The van der Waals surface area contributed by atoms with Crippen LogP contribution in [-0.2, 0) is 10.3 Å². The summed E-state index contributed by atoms with van der Waals surface area (Å²) in [5.41, 5.74) is 0.0165. The first kappa shape index (κ1) is 18.1. The Hall–Kier alpha value is -3.93. The molecule has 5 rings (SSSR count). The highest BCUT2D eigenvalue weighted by Gasteiger charge is 2.50. The van der Waals surface area contributed by atoms with Gasteiger partial charge in [0.2, 0.25) is 5.78 Å². The molecule has 0 radical (unpaired) electrons. The molecule has 148 valence electrons. The van der Waals surface area contributed by atoms with Crippen LogP contribution in [0.25, 0.3) is 21.7 Å². The van der Waals surface area contributed by atoms with Crippen LogP contribution >= 0.6 is 0 Å². The first-order valence-corrected chi connectivity index (χ1v) is 9.61. The fourth-order valence-corrected chi connectivity index (χ4v) is 4.03. The predicted octanol–water partition coefficient (Wildman–Crippen LogP) is 4.24. The van der Waals surface area contributed by atoms with Crippen LogP contribution in [0.2, 0.25) is 0 Å². The molecular formula is C24H18N2O4. The summed E-state index contributed by atoms with van der Waals surface area (Å²) in [7, 11) is 0. The molecular weight excluding hydrogens is 380 g/mol. The third-order valence-electron chi connectivity index (χ3n) is 5.61. The zero-order valence-electron chi connectivity index (χ0n) is 16.2. The Kier molecular flexibility index (Phi) is 3.96. The lowest BCUT2D eigenvalue weighted by molar-refractivity contribution is -0.130. The minimum Gasteiger partial charge on any atom is -0.453 e. The molecule has 1 saturated heterocycles. The van der Waals surface area contributed by atoms with E-state index in [9.17, 15) is 14.4 Å². The van der Waals surface area contributed by atoms with Gasteiger partial charge in [0.25, 0.3) is 5.91 Å². The van der Waals surface area contributed by atoms with Gasteiger partial charge in [-0.3, -0.25) is 14.5 Å². The molecule has 0 saturated carbocycles. The van der Waals surface area contributed by atoms with Crippen molar-refractivity contribution in [1.82, 2.24) is 10.2 Å². The number of benzene rings is 3. The number of urea groups is 1. The van der Waals surface area contributed by atoms with E-state index in [1.54, 1.807) is 19.1 Å². The summed E-state index contributed by atoms with van der Waals surface area (Å²) in [6.45, 7) is 1.28. The van der Waals surface area contributed by atoms with Gasteiger partial charge in [-0.25, -0.2) is 4.79 Å². The molecule has 4 aromatic rings. The number of hydrogen-bond donors (Lipinski definition) is 1. The molecule has 0 spiro atoms. The van der Waals surface area contributed by atoms with E-state index in [1.807, 2.05) is 60.7 Å². The summed E-state index contributed by atoms with van der Waals surface area (Å²) >= 11 is 0. The molecule has 0 aliphatic carbocycles. The van der Waals surface area contributed by atoms with Crippen LogP contribution in [0.5, 0.6) is 0 Å². The summed E-state index contributed by atoms with van der Waals surface area (Å²) in [4.78, 5) is 39.6. The molecule has 30 heavy (non-hydrogen) atoms. The van der Waals surface area contributed by atoms with Crippen LogP contribution < -0.4 is 5.32 Å². The van der Waals surface area contributed by atoms with Crippen LogP contribution in [0.1, 0.15) is 23.0 Å². The number of imide groups is 1. The number of carbonyl (C=O) groups excluding carboxylic acids is 3. The Labute approximate surface area is 172 Å². The van der Waals surface area contributed by atoms with Gasteiger partial charge in [0, 0.05) is 5.39 Å². The van der Waals surface area contributed by atoms with Gasteiger partial charge >= 0.3 is 6.03 Å². The summed E-state index contributed by atoms with van der Waals surface area (Å²) in [5.74, 6) is -0.777. The second-order valence-corrected chi connectivity index (χ2v) is 7.54. The minimum atomic E-state index is -1.26. The van der Waals surface area contributed by atoms with Crippen LogP contribution in [0, 0.1) is 0 Å². The molecule has 1 aliphatic heterocycles. The van der Waals surface area contributed by atoms with Crippen molar-refractivity contribution < 1.29 is 18.8 Å². The van der Waals surface area contributed by atoms with Gasteiger partial charge in [0.15, 0.2) is 5.76 Å². The summed E-state index contributed by atoms with van der Waals surface area (Å²) in [6.07, 6.45) is 0. The average Bonchev–Trinajstić information content (AvgIpc) is 3.28. The molecule has 3 amide bonds. The molecule has 1 fully saturated rings. The zero-order chi connectivity index (χ0) is 20.9. The Balaban J connectivity index is 1.47. The van der Waals surface area contributed by atoms with Gasteiger partial charge in [0.1, 0.15) is 11.1 Å². The molecule has 6 heteroatoms. The normalized spacial score (nSPS) is 18.9. The fourth-order valence-electron chi connectivity index (χ4n) is 4.03. The minimum absolute atomic E-state index is 0.121. The Morgan fingerprint density at radius 1 is 0.967 bits per heavy atom. The molecule has 3 aromatic carbocycles. The lowest BCUT2D eigenvalue weighted by Gasteiger charge is -2.23.